The first kappa shape index (κ1) is 30.4. The number of rotatable bonds is 7. The Labute approximate surface area is 298 Å². The van der Waals surface area contributed by atoms with Gasteiger partial charge in [-0.1, -0.05) is 188 Å². The largest absolute Gasteiger partial charge is 0.455 e. The predicted molar refractivity (Wildman–Crippen MR) is 215 cm³/mol. The van der Waals surface area contributed by atoms with Gasteiger partial charge in [0.1, 0.15) is 11.2 Å². The smallest absolute Gasteiger partial charge is 0.143 e. The summed E-state index contributed by atoms with van der Waals surface area (Å²) in [5.41, 5.74) is 16.0. The molecule has 0 spiro atoms. The van der Waals surface area contributed by atoms with Crippen LogP contribution in [-0.2, 0) is 0 Å². The lowest BCUT2D eigenvalue weighted by Crippen LogP contribution is -1.90. The molecule has 0 N–H and O–H groups in total. The summed E-state index contributed by atoms with van der Waals surface area (Å²) in [6, 6.07) is 71.2. The van der Waals surface area contributed by atoms with Crippen molar-refractivity contribution in [2.24, 2.45) is 0 Å². The van der Waals surface area contributed by atoms with Crippen molar-refractivity contribution in [3.05, 3.63) is 217 Å². The molecule has 51 heavy (non-hydrogen) atoms. The molecule has 0 unspecified atom stereocenters. The molecule has 1 nitrogen and oxygen atoms in total. The highest BCUT2D eigenvalue weighted by atomic mass is 16.3. The molecule has 0 aliphatic heterocycles. The lowest BCUT2D eigenvalue weighted by molar-refractivity contribution is 0.670. The summed E-state index contributed by atoms with van der Waals surface area (Å²) in [5, 5.41) is 2.26. The van der Waals surface area contributed by atoms with Gasteiger partial charge in [0.2, 0.25) is 0 Å². The highest BCUT2D eigenvalue weighted by Gasteiger charge is 2.14. The van der Waals surface area contributed by atoms with Crippen molar-refractivity contribution < 1.29 is 4.42 Å². The van der Waals surface area contributed by atoms with Crippen LogP contribution in [-0.4, -0.2) is 0 Å². The lowest BCUT2D eigenvalue weighted by atomic mass is 9.92. The van der Waals surface area contributed by atoms with Crippen LogP contribution in [0.2, 0.25) is 0 Å². The third kappa shape index (κ3) is 6.07. The van der Waals surface area contributed by atoms with E-state index in [1.54, 1.807) is 0 Å². The summed E-state index contributed by atoms with van der Waals surface area (Å²) in [4.78, 5) is 0. The molecule has 0 amide bonds. The zero-order valence-electron chi connectivity index (χ0n) is 28.0. The summed E-state index contributed by atoms with van der Waals surface area (Å²) >= 11 is 0. The van der Waals surface area contributed by atoms with Gasteiger partial charge >= 0.3 is 0 Å². The topological polar surface area (TPSA) is 13.1 Å². The van der Waals surface area contributed by atoms with Gasteiger partial charge in [-0.2, -0.15) is 0 Å². The van der Waals surface area contributed by atoms with Crippen molar-refractivity contribution in [3.63, 3.8) is 0 Å². The number of benzene rings is 8. The number of hydrogen-bond acceptors (Lipinski definition) is 1. The third-order valence-electron chi connectivity index (χ3n) is 9.74. The molecule has 0 aliphatic rings. The Balaban J connectivity index is 1.08. The van der Waals surface area contributed by atoms with E-state index in [4.69, 9.17) is 4.42 Å². The second-order valence-corrected chi connectivity index (χ2v) is 12.9. The van der Waals surface area contributed by atoms with Crippen LogP contribution < -0.4 is 0 Å². The Morgan fingerprint density at radius 2 is 0.824 bits per heavy atom. The van der Waals surface area contributed by atoms with Crippen molar-refractivity contribution in [2.45, 2.75) is 0 Å². The first-order valence-corrected chi connectivity index (χ1v) is 17.4. The van der Waals surface area contributed by atoms with Gasteiger partial charge < -0.3 is 4.42 Å². The van der Waals surface area contributed by atoms with Crippen LogP contribution in [0.1, 0.15) is 16.7 Å². The Morgan fingerprint density at radius 3 is 1.39 bits per heavy atom. The number of furan rings is 1. The van der Waals surface area contributed by atoms with E-state index in [2.05, 4.69) is 200 Å². The van der Waals surface area contributed by atoms with E-state index in [-0.39, 0.29) is 0 Å². The minimum atomic E-state index is 0.899. The average Bonchev–Trinajstić information content (AvgIpc) is 3.60. The molecule has 1 heteroatoms. The lowest BCUT2D eigenvalue weighted by Gasteiger charge is -2.12. The highest BCUT2D eigenvalue weighted by molar-refractivity contribution is 6.10. The van der Waals surface area contributed by atoms with Gasteiger partial charge in [0.15, 0.2) is 0 Å². The van der Waals surface area contributed by atoms with Gasteiger partial charge in [0, 0.05) is 16.3 Å². The first-order chi connectivity index (χ1) is 25.3. The van der Waals surface area contributed by atoms with Gasteiger partial charge in [-0.25, -0.2) is 0 Å². The van der Waals surface area contributed by atoms with Gasteiger partial charge in [0.05, 0.1) is 0 Å². The third-order valence-corrected chi connectivity index (χ3v) is 9.74. The number of para-hydroxylation sites is 1. The van der Waals surface area contributed by atoms with Crippen LogP contribution >= 0.6 is 0 Å². The molecule has 0 radical (unpaired) electrons. The summed E-state index contributed by atoms with van der Waals surface area (Å²) < 4.78 is 6.45. The van der Waals surface area contributed by atoms with Gasteiger partial charge in [-0.05, 0) is 79.4 Å². The van der Waals surface area contributed by atoms with Crippen molar-refractivity contribution in [1.29, 1.82) is 0 Å². The Hall–Kier alpha value is -6.70. The fourth-order valence-corrected chi connectivity index (χ4v) is 7.04. The van der Waals surface area contributed by atoms with Crippen molar-refractivity contribution in [2.75, 3.05) is 0 Å². The molecule has 1 heterocycles. The molecule has 0 aliphatic carbocycles. The SMILES string of the molecule is C(=C(/c1ccc(-c2ccccc2)cc1)c1ccc(-c2ccc3oc4c(-c5ccccc5)cccc4c3c2)cc1)/c1ccc(-c2ccccc2)cc1. The van der Waals surface area contributed by atoms with E-state index in [0.717, 1.165) is 44.2 Å². The maximum Gasteiger partial charge on any atom is 0.143 e. The number of hydrogen-bond donors (Lipinski definition) is 0. The summed E-state index contributed by atoms with van der Waals surface area (Å²) in [7, 11) is 0. The standard InChI is InChI=1S/C50H34O/c1-4-11-36(12-5-1)38-21-19-35(20-22-38)33-47(42-27-23-39(24-28-42)37-13-6-2-7-14-37)43-29-25-40(26-30-43)44-31-32-49-48(34-44)46-18-10-17-45(50(46)51-49)41-15-8-3-9-16-41/h1-34H/b47-33+. The fourth-order valence-electron chi connectivity index (χ4n) is 7.04. The van der Waals surface area contributed by atoms with Gasteiger partial charge in [0.25, 0.3) is 0 Å². The molecule has 240 valence electrons. The molecule has 9 aromatic rings. The molecule has 0 fully saturated rings. The molecule has 1 aromatic heterocycles. The minimum absolute atomic E-state index is 0.899. The summed E-state index contributed by atoms with van der Waals surface area (Å²) in [6.45, 7) is 0. The second kappa shape index (κ2) is 13.3. The quantitative estimate of drug-likeness (QED) is 0.156. The van der Waals surface area contributed by atoms with Crippen molar-refractivity contribution >= 4 is 33.6 Å². The molecule has 0 atom stereocenters. The zero-order valence-corrected chi connectivity index (χ0v) is 28.0. The maximum absolute atomic E-state index is 6.45. The van der Waals surface area contributed by atoms with E-state index >= 15 is 0 Å². The van der Waals surface area contributed by atoms with E-state index in [9.17, 15) is 0 Å². The molecule has 8 aromatic carbocycles. The summed E-state index contributed by atoms with van der Waals surface area (Å²) in [6.07, 6.45) is 2.30. The van der Waals surface area contributed by atoms with Crippen LogP contribution in [0.25, 0.3) is 78.1 Å². The Morgan fingerprint density at radius 1 is 0.353 bits per heavy atom. The van der Waals surface area contributed by atoms with Crippen LogP contribution in [0, 0.1) is 0 Å². The molecule has 0 saturated carbocycles. The van der Waals surface area contributed by atoms with Gasteiger partial charge in [-0.3, -0.25) is 0 Å². The average molecular weight is 651 g/mol. The fraction of sp³-hybridized carbons (Fsp3) is 0. The molecule has 0 bridgehead atoms. The normalized spacial score (nSPS) is 11.6. The van der Waals surface area contributed by atoms with E-state index in [1.807, 2.05) is 6.07 Å². The monoisotopic (exact) mass is 650 g/mol. The van der Waals surface area contributed by atoms with Crippen molar-refractivity contribution in [3.8, 4) is 44.5 Å². The zero-order chi connectivity index (χ0) is 34.0. The number of fused-ring (bicyclic) bond motifs is 3. The maximum atomic E-state index is 6.45. The summed E-state index contributed by atoms with van der Waals surface area (Å²) in [5.74, 6) is 0. The van der Waals surface area contributed by atoms with E-state index < -0.39 is 0 Å². The Kier molecular flexibility index (Phi) is 7.92. The second-order valence-electron chi connectivity index (χ2n) is 12.9. The first-order valence-electron chi connectivity index (χ1n) is 17.4. The highest BCUT2D eigenvalue weighted by Crippen LogP contribution is 2.38. The van der Waals surface area contributed by atoms with E-state index in [0.29, 0.717) is 0 Å². The molecular formula is C50H34O. The Bertz CT molecular complexity index is 2610. The van der Waals surface area contributed by atoms with Crippen molar-refractivity contribution in [1.82, 2.24) is 0 Å². The molecule has 0 saturated heterocycles. The van der Waals surface area contributed by atoms with E-state index in [1.165, 1.54) is 44.5 Å². The molecular weight excluding hydrogens is 617 g/mol. The van der Waals surface area contributed by atoms with Crippen LogP contribution in [0.3, 0.4) is 0 Å². The molecule has 9 rings (SSSR count). The predicted octanol–water partition coefficient (Wildman–Crippen LogP) is 13.8. The van der Waals surface area contributed by atoms with Crippen LogP contribution in [0.5, 0.6) is 0 Å². The van der Waals surface area contributed by atoms with Gasteiger partial charge in [-0.15, -0.1) is 0 Å². The minimum Gasteiger partial charge on any atom is -0.455 e. The van der Waals surface area contributed by atoms with Crippen LogP contribution in [0.4, 0.5) is 0 Å². The van der Waals surface area contributed by atoms with Crippen LogP contribution in [0.15, 0.2) is 205 Å².